The third kappa shape index (κ3) is 7.79. The van der Waals surface area contributed by atoms with E-state index < -0.39 is 47.7 Å². The molecular weight excluding hydrogens is 470 g/mol. The first-order valence-corrected chi connectivity index (χ1v) is 12.4. The van der Waals surface area contributed by atoms with Crippen LogP contribution in [0.4, 0.5) is 10.5 Å². The van der Waals surface area contributed by atoms with Crippen molar-refractivity contribution in [1.82, 2.24) is 10.2 Å². The third-order valence-corrected chi connectivity index (χ3v) is 5.86. The predicted molar refractivity (Wildman–Crippen MR) is 145 cm³/mol. The summed E-state index contributed by atoms with van der Waals surface area (Å²) < 4.78 is 5.30. The van der Waals surface area contributed by atoms with Crippen molar-refractivity contribution in [3.8, 4) is 0 Å². The fourth-order valence-corrected chi connectivity index (χ4v) is 4.20. The second-order valence-corrected chi connectivity index (χ2v) is 11.3. The molecule has 0 fully saturated rings. The lowest BCUT2D eigenvalue weighted by Gasteiger charge is -2.43. The summed E-state index contributed by atoms with van der Waals surface area (Å²) in [6.45, 7) is 15.6. The normalized spacial score (nSPS) is 13.4. The van der Waals surface area contributed by atoms with Crippen LogP contribution in [0.1, 0.15) is 69.8 Å². The number of nitrogens with one attached hydrogen (secondary N) is 2. The van der Waals surface area contributed by atoms with Gasteiger partial charge in [0, 0.05) is 11.2 Å². The number of aryl methyl sites for hydroxylation is 3. The van der Waals surface area contributed by atoms with Crippen LogP contribution in [-0.2, 0) is 14.3 Å². The fourth-order valence-electron chi connectivity index (χ4n) is 4.20. The van der Waals surface area contributed by atoms with Crippen LogP contribution in [0, 0.1) is 20.8 Å². The zero-order valence-electron chi connectivity index (χ0n) is 23.4. The number of aliphatic hydroxyl groups excluding tert-OH is 1. The number of rotatable bonds is 7. The summed E-state index contributed by atoms with van der Waals surface area (Å²) in [5.41, 5.74) is 2.24. The van der Waals surface area contributed by atoms with Gasteiger partial charge in [-0.15, -0.1) is 0 Å². The lowest BCUT2D eigenvalue weighted by atomic mass is 9.90. The molecule has 202 valence electrons. The molecule has 2 atom stereocenters. The Balaban J connectivity index is 2.62. The van der Waals surface area contributed by atoms with Gasteiger partial charge in [0.25, 0.3) is 5.91 Å². The molecule has 0 saturated heterocycles. The zero-order valence-corrected chi connectivity index (χ0v) is 23.4. The minimum atomic E-state index is -1.31. The number of hydrogen-bond donors (Lipinski definition) is 3. The highest BCUT2D eigenvalue weighted by Crippen LogP contribution is 2.34. The Bertz CT molecular complexity index is 1110. The molecule has 0 aliphatic heterocycles. The molecule has 8 heteroatoms. The first-order valence-electron chi connectivity index (χ1n) is 12.4. The highest BCUT2D eigenvalue weighted by molar-refractivity contribution is 6.00. The molecule has 0 heterocycles. The van der Waals surface area contributed by atoms with E-state index in [0.29, 0.717) is 11.3 Å². The van der Waals surface area contributed by atoms with E-state index in [2.05, 4.69) is 10.6 Å². The minimum absolute atomic E-state index is 0.399. The number of carbonyl (C=O) groups is 3. The molecule has 0 aromatic heterocycles. The summed E-state index contributed by atoms with van der Waals surface area (Å²) in [6, 6.07) is 10.7. The topological polar surface area (TPSA) is 108 Å². The van der Waals surface area contributed by atoms with Crippen molar-refractivity contribution in [2.75, 3.05) is 11.9 Å². The average Bonchev–Trinajstić information content (AvgIpc) is 2.75. The fraction of sp³-hybridized carbons (Fsp3) is 0.483. The van der Waals surface area contributed by atoms with Gasteiger partial charge >= 0.3 is 6.09 Å². The number of ether oxygens (including phenoxy) is 1. The van der Waals surface area contributed by atoms with Gasteiger partial charge in [0.2, 0.25) is 5.91 Å². The van der Waals surface area contributed by atoms with Crippen molar-refractivity contribution in [2.24, 2.45) is 0 Å². The third-order valence-electron chi connectivity index (χ3n) is 5.86. The number of alkyl carbamates (subject to hydrolysis) is 1. The molecule has 0 aliphatic carbocycles. The maximum atomic E-state index is 14.0. The highest BCUT2D eigenvalue weighted by atomic mass is 16.6. The molecule has 0 spiro atoms. The van der Waals surface area contributed by atoms with E-state index in [1.807, 2.05) is 77.9 Å². The lowest BCUT2D eigenvalue weighted by molar-refractivity contribution is -0.147. The van der Waals surface area contributed by atoms with Crippen molar-refractivity contribution in [3.63, 3.8) is 0 Å². The molecule has 0 aliphatic rings. The Hall–Kier alpha value is -3.39. The first-order chi connectivity index (χ1) is 17.1. The number of benzene rings is 2. The summed E-state index contributed by atoms with van der Waals surface area (Å²) in [7, 11) is 0. The molecule has 0 saturated carbocycles. The average molecular weight is 512 g/mol. The molecule has 37 heavy (non-hydrogen) atoms. The van der Waals surface area contributed by atoms with Gasteiger partial charge in [-0.1, -0.05) is 36.4 Å². The van der Waals surface area contributed by atoms with Gasteiger partial charge in [-0.25, -0.2) is 4.79 Å². The van der Waals surface area contributed by atoms with Crippen LogP contribution in [0.2, 0.25) is 0 Å². The molecule has 2 rings (SSSR count). The van der Waals surface area contributed by atoms with Crippen molar-refractivity contribution in [3.05, 3.63) is 64.7 Å². The van der Waals surface area contributed by atoms with Gasteiger partial charge in [0.1, 0.15) is 17.7 Å². The number of nitrogens with zero attached hydrogens (tertiary/aromatic N) is 1. The van der Waals surface area contributed by atoms with E-state index in [1.165, 1.54) is 4.90 Å². The van der Waals surface area contributed by atoms with Crippen LogP contribution >= 0.6 is 0 Å². The maximum absolute atomic E-state index is 14.0. The monoisotopic (exact) mass is 511 g/mol. The summed E-state index contributed by atoms with van der Waals surface area (Å²) in [4.78, 5) is 41.9. The number of carbonyl (C=O) groups excluding carboxylic acids is 3. The molecule has 0 radical (unpaired) electrons. The smallest absolute Gasteiger partial charge is 0.408 e. The summed E-state index contributed by atoms with van der Waals surface area (Å²) in [5.74, 6) is -1.00. The second-order valence-electron chi connectivity index (χ2n) is 11.3. The second kappa shape index (κ2) is 11.8. The Morgan fingerprint density at radius 2 is 1.43 bits per heavy atom. The first kappa shape index (κ1) is 29.8. The Morgan fingerprint density at radius 1 is 0.892 bits per heavy atom. The standard InChI is InChI=1S/C29H41N3O5/c1-18-13-10-11-16-21(18)30-25(34)24(23-19(2)14-12-15-20(23)3)32(28(4,5)6)26(35)22(17-33)31-27(36)37-29(7,8)9/h10-16,22,24,33H,17H2,1-9H3,(H,30,34)(H,31,36). The van der Waals surface area contributed by atoms with Crippen LogP contribution < -0.4 is 10.6 Å². The molecule has 0 bridgehead atoms. The Labute approximate surface area is 220 Å². The summed E-state index contributed by atoms with van der Waals surface area (Å²) in [6.07, 6.45) is -0.832. The van der Waals surface area contributed by atoms with E-state index in [0.717, 1.165) is 16.7 Å². The number of amides is 3. The summed E-state index contributed by atoms with van der Waals surface area (Å²) in [5, 5.41) is 15.6. The van der Waals surface area contributed by atoms with Gasteiger partial charge in [-0.2, -0.15) is 0 Å². The van der Waals surface area contributed by atoms with E-state index in [1.54, 1.807) is 26.8 Å². The van der Waals surface area contributed by atoms with Crippen LogP contribution in [0.15, 0.2) is 42.5 Å². The van der Waals surface area contributed by atoms with E-state index in [-0.39, 0.29) is 0 Å². The van der Waals surface area contributed by atoms with Gasteiger partial charge in [0.15, 0.2) is 0 Å². The lowest BCUT2D eigenvalue weighted by Crippen LogP contribution is -2.59. The van der Waals surface area contributed by atoms with Crippen LogP contribution in [0.3, 0.4) is 0 Å². The van der Waals surface area contributed by atoms with Crippen molar-refractivity contribution >= 4 is 23.6 Å². The van der Waals surface area contributed by atoms with E-state index >= 15 is 0 Å². The molecule has 8 nitrogen and oxygen atoms in total. The van der Waals surface area contributed by atoms with Crippen LogP contribution in [-0.4, -0.2) is 51.7 Å². The minimum Gasteiger partial charge on any atom is -0.444 e. The van der Waals surface area contributed by atoms with Crippen molar-refractivity contribution < 1.29 is 24.2 Å². The van der Waals surface area contributed by atoms with Gasteiger partial charge in [-0.05, 0) is 90.6 Å². The quantitative estimate of drug-likeness (QED) is 0.495. The zero-order chi connectivity index (χ0) is 28.1. The molecule has 2 unspecified atom stereocenters. The molecule has 2 aromatic carbocycles. The van der Waals surface area contributed by atoms with Crippen molar-refractivity contribution in [1.29, 1.82) is 0 Å². The van der Waals surface area contributed by atoms with Crippen LogP contribution in [0.5, 0.6) is 0 Å². The SMILES string of the molecule is Cc1ccccc1NC(=O)C(c1c(C)cccc1C)N(C(=O)C(CO)NC(=O)OC(C)(C)C)C(C)(C)C. The Morgan fingerprint density at radius 3 is 1.92 bits per heavy atom. The largest absolute Gasteiger partial charge is 0.444 e. The number of anilines is 1. The molecule has 3 N–H and O–H groups in total. The molecule has 3 amide bonds. The molecule has 2 aromatic rings. The van der Waals surface area contributed by atoms with Gasteiger partial charge < -0.3 is 25.4 Å². The van der Waals surface area contributed by atoms with Gasteiger partial charge in [-0.3, -0.25) is 9.59 Å². The van der Waals surface area contributed by atoms with Gasteiger partial charge in [0.05, 0.1) is 6.61 Å². The Kier molecular flexibility index (Phi) is 9.49. The summed E-state index contributed by atoms with van der Waals surface area (Å²) >= 11 is 0. The number of para-hydroxylation sites is 1. The number of hydrogen-bond acceptors (Lipinski definition) is 5. The number of aliphatic hydroxyl groups is 1. The maximum Gasteiger partial charge on any atom is 0.408 e. The van der Waals surface area contributed by atoms with E-state index in [4.69, 9.17) is 4.74 Å². The molecular formula is C29H41N3O5. The van der Waals surface area contributed by atoms with Crippen molar-refractivity contribution in [2.45, 2.75) is 85.5 Å². The van der Waals surface area contributed by atoms with E-state index in [9.17, 15) is 19.5 Å². The predicted octanol–water partition coefficient (Wildman–Crippen LogP) is 4.80. The highest BCUT2D eigenvalue weighted by Gasteiger charge is 2.42. The van der Waals surface area contributed by atoms with Crippen LogP contribution in [0.25, 0.3) is 0 Å².